The predicted molar refractivity (Wildman–Crippen MR) is 90.8 cm³/mol. The van der Waals surface area contributed by atoms with Gasteiger partial charge in [-0.2, -0.15) is 0 Å². The molecule has 1 aliphatic rings. The molecule has 5 nitrogen and oxygen atoms in total. The molecule has 4 atom stereocenters. The van der Waals surface area contributed by atoms with Gasteiger partial charge >= 0.3 is 0 Å². The van der Waals surface area contributed by atoms with Gasteiger partial charge in [0, 0.05) is 13.8 Å². The Morgan fingerprint density at radius 3 is 2.26 bits per heavy atom. The maximum absolute atomic E-state index is 11.9. The molecule has 0 aromatic heterocycles. The first-order chi connectivity index (χ1) is 10.6. The fraction of sp³-hybridized carbons (Fsp3) is 0.722. The standard InChI is InChI=1S/C18H30N2O3/c1-8-9-18(20-14(7)22)16(19-13(6)21)15(10-11(2)3)23-17(18)12(4)5/h9,11-12,15-17H,1,10H2,2-7H3,(H,19,21)(H,20,22)/t15-,16+,17+,18-/m1/s1. The molecule has 23 heavy (non-hydrogen) atoms. The lowest BCUT2D eigenvalue weighted by molar-refractivity contribution is -0.123. The zero-order valence-electron chi connectivity index (χ0n) is 15.1. The Hall–Kier alpha value is -1.58. The fourth-order valence-corrected chi connectivity index (χ4v) is 3.49. The summed E-state index contributed by atoms with van der Waals surface area (Å²) < 4.78 is 6.29. The summed E-state index contributed by atoms with van der Waals surface area (Å²) in [5, 5.41) is 6.00. The van der Waals surface area contributed by atoms with E-state index in [0.29, 0.717) is 5.92 Å². The second-order valence-electron chi connectivity index (χ2n) is 7.11. The molecule has 1 saturated heterocycles. The third-order valence-corrected chi connectivity index (χ3v) is 4.08. The first kappa shape index (κ1) is 19.5. The minimum Gasteiger partial charge on any atom is -0.370 e. The van der Waals surface area contributed by atoms with Crippen LogP contribution in [0.3, 0.4) is 0 Å². The molecule has 1 heterocycles. The topological polar surface area (TPSA) is 67.4 Å². The summed E-state index contributed by atoms with van der Waals surface area (Å²) in [6, 6.07) is -0.354. The average Bonchev–Trinajstić information content (AvgIpc) is 2.63. The van der Waals surface area contributed by atoms with Crippen molar-refractivity contribution in [3.8, 4) is 0 Å². The van der Waals surface area contributed by atoms with Gasteiger partial charge in [0.15, 0.2) is 0 Å². The highest BCUT2D eigenvalue weighted by molar-refractivity contribution is 5.76. The van der Waals surface area contributed by atoms with Crippen LogP contribution in [0.2, 0.25) is 0 Å². The highest BCUT2D eigenvalue weighted by Gasteiger charge is 2.57. The smallest absolute Gasteiger partial charge is 0.217 e. The molecule has 1 fully saturated rings. The maximum atomic E-state index is 11.9. The number of rotatable bonds is 6. The summed E-state index contributed by atoms with van der Waals surface area (Å²) in [5.74, 6) is 0.236. The van der Waals surface area contributed by atoms with Crippen molar-refractivity contribution >= 4 is 11.8 Å². The van der Waals surface area contributed by atoms with Crippen molar-refractivity contribution < 1.29 is 14.3 Å². The van der Waals surface area contributed by atoms with Gasteiger partial charge in [0.25, 0.3) is 0 Å². The molecular weight excluding hydrogens is 292 g/mol. The predicted octanol–water partition coefficient (Wildman–Crippen LogP) is 2.18. The third-order valence-electron chi connectivity index (χ3n) is 4.08. The van der Waals surface area contributed by atoms with Crippen LogP contribution >= 0.6 is 0 Å². The van der Waals surface area contributed by atoms with E-state index in [1.54, 1.807) is 6.08 Å². The molecule has 1 rings (SSSR count). The third kappa shape index (κ3) is 4.46. The van der Waals surface area contributed by atoms with Crippen LogP contribution in [-0.2, 0) is 14.3 Å². The first-order valence-electron chi connectivity index (χ1n) is 8.22. The number of carbonyl (C=O) groups is 2. The van der Waals surface area contributed by atoms with Gasteiger partial charge in [0.2, 0.25) is 11.8 Å². The number of hydrogen-bond acceptors (Lipinski definition) is 3. The molecular formula is C18H30N2O3. The van der Waals surface area contributed by atoms with E-state index in [-0.39, 0.29) is 36.0 Å². The van der Waals surface area contributed by atoms with Gasteiger partial charge in [-0.3, -0.25) is 9.59 Å². The van der Waals surface area contributed by atoms with Crippen LogP contribution in [0.4, 0.5) is 0 Å². The molecule has 0 spiro atoms. The zero-order valence-corrected chi connectivity index (χ0v) is 15.1. The van der Waals surface area contributed by atoms with E-state index in [1.165, 1.54) is 13.8 Å². The van der Waals surface area contributed by atoms with Crippen LogP contribution in [0.15, 0.2) is 18.4 Å². The zero-order chi connectivity index (χ0) is 17.8. The number of ether oxygens (including phenoxy) is 1. The van der Waals surface area contributed by atoms with E-state index in [4.69, 9.17) is 4.74 Å². The fourth-order valence-electron chi connectivity index (χ4n) is 3.49. The van der Waals surface area contributed by atoms with Crippen LogP contribution in [0.25, 0.3) is 0 Å². The van der Waals surface area contributed by atoms with Gasteiger partial charge in [-0.25, -0.2) is 0 Å². The van der Waals surface area contributed by atoms with Crippen LogP contribution in [0.1, 0.15) is 48.0 Å². The Kier molecular flexibility index (Phi) is 6.60. The molecule has 1 aliphatic heterocycles. The van der Waals surface area contributed by atoms with E-state index in [9.17, 15) is 9.59 Å². The van der Waals surface area contributed by atoms with Gasteiger partial charge in [-0.15, -0.1) is 5.73 Å². The van der Waals surface area contributed by atoms with Crippen molar-refractivity contribution in [2.24, 2.45) is 11.8 Å². The normalized spacial score (nSPS) is 30.2. The molecule has 0 aromatic carbocycles. The minimum atomic E-state index is -0.840. The van der Waals surface area contributed by atoms with Gasteiger partial charge in [0.1, 0.15) is 5.54 Å². The van der Waals surface area contributed by atoms with E-state index in [0.717, 1.165) is 6.42 Å². The molecule has 0 bridgehead atoms. The minimum absolute atomic E-state index is 0.149. The Morgan fingerprint density at radius 2 is 1.87 bits per heavy atom. The number of carbonyl (C=O) groups excluding carboxylic acids is 2. The largest absolute Gasteiger partial charge is 0.370 e. The average molecular weight is 322 g/mol. The van der Waals surface area contributed by atoms with Gasteiger partial charge in [0.05, 0.1) is 18.2 Å². The summed E-state index contributed by atoms with van der Waals surface area (Å²) in [7, 11) is 0. The van der Waals surface area contributed by atoms with Gasteiger partial charge in [-0.05, 0) is 24.3 Å². The highest BCUT2D eigenvalue weighted by atomic mass is 16.5. The number of nitrogens with one attached hydrogen (secondary N) is 2. The molecule has 2 amide bonds. The monoisotopic (exact) mass is 322 g/mol. The van der Waals surface area contributed by atoms with Crippen LogP contribution in [0.5, 0.6) is 0 Å². The van der Waals surface area contributed by atoms with Gasteiger partial charge < -0.3 is 15.4 Å². The van der Waals surface area contributed by atoms with Crippen molar-refractivity contribution in [3.63, 3.8) is 0 Å². The molecule has 2 N–H and O–H groups in total. The Bertz CT molecular complexity index is 494. The lowest BCUT2D eigenvalue weighted by atomic mass is 9.78. The maximum Gasteiger partial charge on any atom is 0.217 e. The molecule has 0 aromatic rings. The SMILES string of the molecule is C=C=C[C@]1(NC(C)=O)[C@H](C(C)C)O[C@H](CC(C)C)[C@@H]1NC(C)=O. The molecule has 0 saturated carbocycles. The summed E-state index contributed by atoms with van der Waals surface area (Å²) in [6.45, 7) is 14.9. The van der Waals surface area contributed by atoms with Crippen molar-refractivity contribution in [2.75, 3.05) is 0 Å². The van der Waals surface area contributed by atoms with E-state index in [1.807, 2.05) is 13.8 Å². The number of amides is 2. The van der Waals surface area contributed by atoms with E-state index in [2.05, 4.69) is 36.8 Å². The van der Waals surface area contributed by atoms with Crippen molar-refractivity contribution in [2.45, 2.75) is 71.8 Å². The van der Waals surface area contributed by atoms with Crippen LogP contribution < -0.4 is 10.6 Å². The lowest BCUT2D eigenvalue weighted by Gasteiger charge is -2.38. The summed E-state index contributed by atoms with van der Waals surface area (Å²) in [5.41, 5.74) is 1.96. The van der Waals surface area contributed by atoms with Crippen LogP contribution in [0, 0.1) is 11.8 Å². The second kappa shape index (κ2) is 7.80. The molecule has 0 unspecified atom stereocenters. The molecule has 130 valence electrons. The van der Waals surface area contributed by atoms with Gasteiger partial charge in [-0.1, -0.05) is 34.3 Å². The summed E-state index contributed by atoms with van der Waals surface area (Å²) in [6.07, 6.45) is 2.09. The second-order valence-corrected chi connectivity index (χ2v) is 7.11. The Balaban J connectivity index is 3.40. The van der Waals surface area contributed by atoms with Crippen molar-refractivity contribution in [3.05, 3.63) is 18.4 Å². The van der Waals surface area contributed by atoms with Crippen molar-refractivity contribution in [1.29, 1.82) is 0 Å². The van der Waals surface area contributed by atoms with Crippen molar-refractivity contribution in [1.82, 2.24) is 10.6 Å². The number of hydrogen-bond donors (Lipinski definition) is 2. The van der Waals surface area contributed by atoms with E-state index < -0.39 is 5.54 Å². The Morgan fingerprint density at radius 1 is 1.26 bits per heavy atom. The molecule has 0 aliphatic carbocycles. The summed E-state index contributed by atoms with van der Waals surface area (Å²) >= 11 is 0. The lowest BCUT2D eigenvalue weighted by Crippen LogP contribution is -2.65. The Labute approximate surface area is 139 Å². The summed E-state index contributed by atoms with van der Waals surface area (Å²) in [4.78, 5) is 23.6. The first-order valence-corrected chi connectivity index (χ1v) is 8.22. The molecule has 0 radical (unpaired) electrons. The van der Waals surface area contributed by atoms with Crippen LogP contribution in [-0.4, -0.2) is 35.6 Å². The highest BCUT2D eigenvalue weighted by Crippen LogP contribution is 2.38. The quantitative estimate of drug-likeness (QED) is 0.737. The molecule has 5 heteroatoms. The van der Waals surface area contributed by atoms with E-state index >= 15 is 0 Å².